The van der Waals surface area contributed by atoms with Gasteiger partial charge in [0.15, 0.2) is 0 Å². The van der Waals surface area contributed by atoms with E-state index in [9.17, 15) is 20.4 Å². The van der Waals surface area contributed by atoms with Gasteiger partial charge < -0.3 is 20.4 Å². The largest absolute Gasteiger partial charge is 0.508 e. The quantitative estimate of drug-likeness (QED) is 0.347. The van der Waals surface area contributed by atoms with Gasteiger partial charge in [-0.3, -0.25) is 0 Å². The fourth-order valence-electron chi connectivity index (χ4n) is 4.12. The van der Waals surface area contributed by atoms with E-state index in [2.05, 4.69) is 0 Å². The summed E-state index contributed by atoms with van der Waals surface area (Å²) < 4.78 is 0. The first-order valence-electron chi connectivity index (χ1n) is 10.1. The topological polar surface area (TPSA) is 80.9 Å². The second kappa shape index (κ2) is 8.44. The molecule has 0 aliphatic heterocycles. The molecule has 0 fully saturated rings. The van der Waals surface area contributed by atoms with E-state index in [-0.39, 0.29) is 23.0 Å². The van der Waals surface area contributed by atoms with Crippen molar-refractivity contribution in [3.05, 3.63) is 119 Å². The predicted octanol–water partition coefficient (Wildman–Crippen LogP) is 5.28. The van der Waals surface area contributed by atoms with Crippen LogP contribution in [0.15, 0.2) is 97.1 Å². The summed E-state index contributed by atoms with van der Waals surface area (Å²) in [6.07, 6.45) is 1.26. The van der Waals surface area contributed by atoms with Crippen LogP contribution >= 0.6 is 0 Å². The van der Waals surface area contributed by atoms with E-state index in [4.69, 9.17) is 0 Å². The van der Waals surface area contributed by atoms with Crippen LogP contribution in [0, 0.1) is 0 Å². The van der Waals surface area contributed by atoms with E-state index < -0.39 is 5.41 Å². The van der Waals surface area contributed by atoms with E-state index in [1.807, 2.05) is 48.5 Å². The Morgan fingerprint density at radius 2 is 0.645 bits per heavy atom. The SMILES string of the molecule is Oc1ccc(CC(Cc2ccc(O)cc2)(c2ccc(O)cc2)c2ccc(O)cc2)cc1. The molecule has 0 aromatic heterocycles. The molecule has 0 saturated heterocycles. The van der Waals surface area contributed by atoms with Crippen LogP contribution in [-0.4, -0.2) is 20.4 Å². The maximum atomic E-state index is 9.88. The van der Waals surface area contributed by atoms with Gasteiger partial charge in [-0.1, -0.05) is 48.5 Å². The van der Waals surface area contributed by atoms with E-state index >= 15 is 0 Å². The molecule has 0 aliphatic rings. The lowest BCUT2D eigenvalue weighted by Gasteiger charge is -2.36. The molecule has 4 nitrogen and oxygen atoms in total. The van der Waals surface area contributed by atoms with E-state index in [0.717, 1.165) is 22.3 Å². The van der Waals surface area contributed by atoms with Crippen molar-refractivity contribution in [2.45, 2.75) is 18.3 Å². The first-order chi connectivity index (χ1) is 14.9. The van der Waals surface area contributed by atoms with Gasteiger partial charge in [0.25, 0.3) is 0 Å². The number of benzene rings is 4. The summed E-state index contributed by atoms with van der Waals surface area (Å²) in [4.78, 5) is 0. The van der Waals surface area contributed by atoms with E-state index in [1.165, 1.54) is 0 Å². The number of hydrogen-bond acceptors (Lipinski definition) is 4. The minimum absolute atomic E-state index is 0.192. The third-order valence-corrected chi connectivity index (χ3v) is 5.72. The lowest BCUT2D eigenvalue weighted by molar-refractivity contribution is 0.465. The average molecular weight is 412 g/mol. The summed E-state index contributed by atoms with van der Waals surface area (Å²) in [5.41, 5.74) is 3.58. The zero-order chi connectivity index (χ0) is 21.8. The van der Waals surface area contributed by atoms with Crippen LogP contribution in [0.4, 0.5) is 0 Å². The molecule has 0 radical (unpaired) electrons. The molecule has 0 atom stereocenters. The average Bonchev–Trinajstić information content (AvgIpc) is 2.77. The number of phenolic OH excluding ortho intramolecular Hbond substituents is 4. The van der Waals surface area contributed by atoms with Gasteiger partial charge in [0.05, 0.1) is 0 Å². The second-order valence-corrected chi connectivity index (χ2v) is 7.86. The van der Waals surface area contributed by atoms with Crippen LogP contribution in [0.1, 0.15) is 22.3 Å². The van der Waals surface area contributed by atoms with E-state index in [0.29, 0.717) is 12.8 Å². The summed E-state index contributed by atoms with van der Waals surface area (Å²) in [7, 11) is 0. The first kappa shape index (κ1) is 20.4. The Hall–Kier alpha value is -3.92. The van der Waals surface area contributed by atoms with Crippen LogP contribution in [-0.2, 0) is 18.3 Å². The summed E-state index contributed by atoms with van der Waals surface area (Å²) in [5, 5.41) is 39.2. The zero-order valence-corrected chi connectivity index (χ0v) is 16.9. The lowest BCUT2D eigenvalue weighted by atomic mass is 9.67. The van der Waals surface area contributed by atoms with Crippen LogP contribution in [0.3, 0.4) is 0 Å². The molecule has 4 heteroatoms. The molecule has 31 heavy (non-hydrogen) atoms. The molecule has 0 saturated carbocycles. The minimum Gasteiger partial charge on any atom is -0.508 e. The normalized spacial score (nSPS) is 11.4. The molecule has 4 aromatic rings. The third-order valence-electron chi connectivity index (χ3n) is 5.72. The number of aromatic hydroxyl groups is 4. The molecular formula is C27H24O4. The fourth-order valence-corrected chi connectivity index (χ4v) is 4.12. The third kappa shape index (κ3) is 4.48. The number of phenols is 4. The summed E-state index contributed by atoms with van der Waals surface area (Å²) in [6.45, 7) is 0. The fraction of sp³-hybridized carbons (Fsp3) is 0.111. The van der Waals surface area contributed by atoms with Crippen LogP contribution in [0.25, 0.3) is 0 Å². The Kier molecular flexibility index (Phi) is 5.54. The molecule has 4 N–H and O–H groups in total. The smallest absolute Gasteiger partial charge is 0.115 e. The Labute approximate surface area is 181 Å². The number of hydrogen-bond donors (Lipinski definition) is 4. The monoisotopic (exact) mass is 412 g/mol. The Morgan fingerprint density at radius 3 is 0.935 bits per heavy atom. The van der Waals surface area contributed by atoms with Crippen molar-refractivity contribution >= 4 is 0 Å². The van der Waals surface area contributed by atoms with Gasteiger partial charge in [0, 0.05) is 5.41 Å². The van der Waals surface area contributed by atoms with Crippen LogP contribution < -0.4 is 0 Å². The summed E-state index contributed by atoms with van der Waals surface area (Å²) in [6, 6.07) is 28.7. The van der Waals surface area contributed by atoms with Crippen molar-refractivity contribution in [1.82, 2.24) is 0 Å². The highest BCUT2D eigenvalue weighted by Gasteiger charge is 2.35. The van der Waals surface area contributed by atoms with Crippen molar-refractivity contribution in [2.24, 2.45) is 0 Å². The maximum absolute atomic E-state index is 9.88. The van der Waals surface area contributed by atoms with Crippen molar-refractivity contribution < 1.29 is 20.4 Å². The predicted molar refractivity (Wildman–Crippen MR) is 121 cm³/mol. The van der Waals surface area contributed by atoms with Gasteiger partial charge in [-0.25, -0.2) is 0 Å². The molecule has 0 amide bonds. The van der Waals surface area contributed by atoms with Crippen LogP contribution in [0.2, 0.25) is 0 Å². The highest BCUT2D eigenvalue weighted by atomic mass is 16.3. The molecule has 156 valence electrons. The van der Waals surface area contributed by atoms with Crippen molar-refractivity contribution in [2.75, 3.05) is 0 Å². The van der Waals surface area contributed by atoms with Crippen molar-refractivity contribution in [3.63, 3.8) is 0 Å². The zero-order valence-electron chi connectivity index (χ0n) is 16.9. The molecule has 0 spiro atoms. The molecule has 0 aliphatic carbocycles. The molecular weight excluding hydrogens is 388 g/mol. The van der Waals surface area contributed by atoms with Gasteiger partial charge in [0.2, 0.25) is 0 Å². The number of rotatable bonds is 6. The lowest BCUT2D eigenvalue weighted by Crippen LogP contribution is -2.33. The van der Waals surface area contributed by atoms with Gasteiger partial charge in [-0.2, -0.15) is 0 Å². The second-order valence-electron chi connectivity index (χ2n) is 7.86. The molecule has 0 unspecified atom stereocenters. The van der Waals surface area contributed by atoms with Crippen LogP contribution in [0.5, 0.6) is 23.0 Å². The van der Waals surface area contributed by atoms with Gasteiger partial charge in [-0.05, 0) is 83.6 Å². The van der Waals surface area contributed by atoms with E-state index in [1.54, 1.807) is 48.5 Å². The Morgan fingerprint density at radius 1 is 0.387 bits per heavy atom. The molecule has 4 aromatic carbocycles. The van der Waals surface area contributed by atoms with Crippen molar-refractivity contribution in [1.29, 1.82) is 0 Å². The maximum Gasteiger partial charge on any atom is 0.115 e. The van der Waals surface area contributed by atoms with Gasteiger partial charge in [-0.15, -0.1) is 0 Å². The highest BCUT2D eigenvalue weighted by Crippen LogP contribution is 2.40. The van der Waals surface area contributed by atoms with Gasteiger partial charge in [0.1, 0.15) is 23.0 Å². The Balaban J connectivity index is 1.91. The summed E-state index contributed by atoms with van der Waals surface area (Å²) >= 11 is 0. The molecule has 0 bridgehead atoms. The molecule has 4 rings (SSSR count). The van der Waals surface area contributed by atoms with Gasteiger partial charge >= 0.3 is 0 Å². The Bertz CT molecular complexity index is 1030. The first-order valence-corrected chi connectivity index (χ1v) is 10.1. The van der Waals surface area contributed by atoms with Crippen molar-refractivity contribution in [3.8, 4) is 23.0 Å². The standard InChI is InChI=1S/C27H24O4/c28-23-9-1-19(2-10-23)17-27(21-5-13-25(30)14-6-21,22-7-15-26(31)16-8-22)18-20-3-11-24(29)12-4-20/h1-16,28-31H,17-18H2. The summed E-state index contributed by atoms with van der Waals surface area (Å²) in [5.74, 6) is 0.805. The molecule has 0 heterocycles. The minimum atomic E-state index is -0.519. The highest BCUT2D eigenvalue weighted by molar-refractivity contribution is 5.47.